The van der Waals surface area contributed by atoms with E-state index in [1.807, 2.05) is 0 Å². The van der Waals surface area contributed by atoms with Crippen LogP contribution in [0.4, 0.5) is 0 Å². The maximum atomic E-state index is 2.46. The number of hydrogen-bond donors (Lipinski definition) is 0. The molecule has 0 fully saturated rings. The van der Waals surface area contributed by atoms with Crippen molar-refractivity contribution in [2.75, 3.05) is 0 Å². The minimum Gasteiger partial charge on any atom is -0.0613 e. The van der Waals surface area contributed by atoms with Crippen molar-refractivity contribution in [2.45, 2.75) is 66.2 Å². The first-order chi connectivity index (χ1) is 13.7. The van der Waals surface area contributed by atoms with Gasteiger partial charge in [-0.1, -0.05) is 88.4 Å². The highest BCUT2D eigenvalue weighted by Gasteiger charge is 2.08. The second kappa shape index (κ2) is 9.73. The van der Waals surface area contributed by atoms with Gasteiger partial charge in [0.1, 0.15) is 0 Å². The topological polar surface area (TPSA) is 0 Å². The van der Waals surface area contributed by atoms with E-state index in [1.54, 1.807) is 0 Å². The number of rotatable bonds is 8. The molecule has 0 aliphatic rings. The first kappa shape index (κ1) is 20.4. The molecule has 0 bridgehead atoms. The van der Waals surface area contributed by atoms with E-state index in [-0.39, 0.29) is 0 Å². The van der Waals surface area contributed by atoms with Gasteiger partial charge in [0.05, 0.1) is 0 Å². The van der Waals surface area contributed by atoms with Crippen LogP contribution in [-0.2, 0) is 38.5 Å². The summed E-state index contributed by atoms with van der Waals surface area (Å²) >= 11 is 0. The second-order valence-electron chi connectivity index (χ2n) is 7.79. The van der Waals surface area contributed by atoms with Crippen LogP contribution in [0, 0.1) is 0 Å². The van der Waals surface area contributed by atoms with E-state index in [9.17, 15) is 0 Å². The summed E-state index contributed by atoms with van der Waals surface area (Å²) in [6, 6.07) is 23.2. The second-order valence-corrected chi connectivity index (χ2v) is 7.79. The molecule has 0 aliphatic heterocycles. The third-order valence-electron chi connectivity index (χ3n) is 5.92. The maximum Gasteiger partial charge on any atom is -0.00229 e. The lowest BCUT2D eigenvalue weighted by Crippen LogP contribution is -2.01. The smallest absolute Gasteiger partial charge is 0.00229 e. The average Bonchev–Trinajstić information content (AvgIpc) is 2.75. The van der Waals surface area contributed by atoms with Crippen molar-refractivity contribution in [3.8, 4) is 0 Å². The summed E-state index contributed by atoms with van der Waals surface area (Å²) in [5.74, 6) is 0. The molecule has 0 radical (unpaired) electrons. The molecule has 0 heterocycles. The van der Waals surface area contributed by atoms with E-state index in [4.69, 9.17) is 0 Å². The molecule has 0 atom stereocenters. The van der Waals surface area contributed by atoms with E-state index in [0.717, 1.165) is 38.5 Å². The Bertz CT molecular complexity index is 883. The third kappa shape index (κ3) is 4.93. The summed E-state index contributed by atoms with van der Waals surface area (Å²) < 4.78 is 0. The number of hydrogen-bond acceptors (Lipinski definition) is 0. The Balaban J connectivity index is 1.75. The van der Waals surface area contributed by atoms with Gasteiger partial charge in [-0.05, 0) is 83.0 Å². The van der Waals surface area contributed by atoms with Crippen molar-refractivity contribution in [2.24, 2.45) is 0 Å². The van der Waals surface area contributed by atoms with Crippen molar-refractivity contribution in [1.82, 2.24) is 0 Å². The van der Waals surface area contributed by atoms with Crippen LogP contribution in [0.5, 0.6) is 0 Å². The van der Waals surface area contributed by atoms with Crippen LogP contribution >= 0.6 is 0 Å². The van der Waals surface area contributed by atoms with Gasteiger partial charge in [-0.2, -0.15) is 0 Å². The Hall–Kier alpha value is -2.34. The normalized spacial score (nSPS) is 11.0. The van der Waals surface area contributed by atoms with E-state index in [1.165, 1.54) is 44.5 Å². The minimum atomic E-state index is 1.01. The summed E-state index contributed by atoms with van der Waals surface area (Å²) in [6.07, 6.45) is 6.51. The summed E-state index contributed by atoms with van der Waals surface area (Å²) in [4.78, 5) is 0. The molecule has 0 aliphatic carbocycles. The number of aryl methyl sites for hydroxylation is 4. The van der Waals surface area contributed by atoms with Gasteiger partial charge in [-0.15, -0.1) is 0 Å². The maximum absolute atomic E-state index is 2.46. The van der Waals surface area contributed by atoms with E-state index < -0.39 is 0 Å². The molecule has 28 heavy (non-hydrogen) atoms. The lowest BCUT2D eigenvalue weighted by molar-refractivity contribution is 0.983. The van der Waals surface area contributed by atoms with Crippen LogP contribution in [-0.4, -0.2) is 0 Å². The molecule has 0 N–H and O–H groups in total. The van der Waals surface area contributed by atoms with Crippen molar-refractivity contribution < 1.29 is 0 Å². The van der Waals surface area contributed by atoms with Gasteiger partial charge in [0.2, 0.25) is 0 Å². The predicted molar refractivity (Wildman–Crippen MR) is 122 cm³/mol. The van der Waals surface area contributed by atoms with Crippen LogP contribution in [0.25, 0.3) is 0 Å². The number of benzene rings is 3. The molecule has 3 aromatic rings. The Kier molecular flexibility index (Phi) is 7.09. The molecular weight excluding hydrogens is 336 g/mol. The molecule has 0 aromatic heterocycles. The van der Waals surface area contributed by atoms with Crippen LogP contribution in [0.15, 0.2) is 60.7 Å². The lowest BCUT2D eigenvalue weighted by Gasteiger charge is -2.15. The molecule has 0 spiro atoms. The molecule has 0 saturated heterocycles. The average molecular weight is 371 g/mol. The van der Waals surface area contributed by atoms with E-state index >= 15 is 0 Å². The van der Waals surface area contributed by atoms with Gasteiger partial charge in [0, 0.05) is 0 Å². The van der Waals surface area contributed by atoms with Crippen LogP contribution in [0.2, 0.25) is 0 Å². The summed E-state index contributed by atoms with van der Waals surface area (Å²) in [5.41, 5.74) is 11.6. The van der Waals surface area contributed by atoms with Crippen LogP contribution in [0.1, 0.15) is 72.2 Å². The standard InChI is InChI=1S/C28H34/c1-5-21-9-11-22(12-10-21)17-23-13-15-24(16-14-23)18-28-20-26(7-3)25(6-2)19-27(28)8-4/h9-16,19-20H,5-8,17-18H2,1-4H3. The largest absolute Gasteiger partial charge is 0.0613 e. The molecule has 0 nitrogen and oxygen atoms in total. The Labute approximate surface area is 171 Å². The van der Waals surface area contributed by atoms with Gasteiger partial charge < -0.3 is 0 Å². The zero-order valence-corrected chi connectivity index (χ0v) is 18.0. The van der Waals surface area contributed by atoms with Gasteiger partial charge in [-0.25, -0.2) is 0 Å². The molecule has 0 heteroatoms. The molecule has 0 saturated carbocycles. The van der Waals surface area contributed by atoms with Gasteiger partial charge in [0.25, 0.3) is 0 Å². The first-order valence-corrected chi connectivity index (χ1v) is 11.0. The zero-order chi connectivity index (χ0) is 19.9. The quantitative estimate of drug-likeness (QED) is 0.396. The third-order valence-corrected chi connectivity index (χ3v) is 5.92. The molecule has 3 aromatic carbocycles. The fourth-order valence-corrected chi connectivity index (χ4v) is 4.07. The fraction of sp³-hybridized carbons (Fsp3) is 0.357. The van der Waals surface area contributed by atoms with Crippen molar-refractivity contribution in [1.29, 1.82) is 0 Å². The van der Waals surface area contributed by atoms with Crippen molar-refractivity contribution in [3.63, 3.8) is 0 Å². The molecule has 0 unspecified atom stereocenters. The minimum absolute atomic E-state index is 1.01. The fourth-order valence-electron chi connectivity index (χ4n) is 4.07. The van der Waals surface area contributed by atoms with Gasteiger partial charge >= 0.3 is 0 Å². The van der Waals surface area contributed by atoms with Gasteiger partial charge in [-0.3, -0.25) is 0 Å². The Morgan fingerprint density at radius 1 is 0.393 bits per heavy atom. The monoisotopic (exact) mass is 370 g/mol. The van der Waals surface area contributed by atoms with Crippen molar-refractivity contribution >= 4 is 0 Å². The lowest BCUT2D eigenvalue weighted by atomic mass is 9.91. The highest BCUT2D eigenvalue weighted by Crippen LogP contribution is 2.23. The van der Waals surface area contributed by atoms with E-state index in [2.05, 4.69) is 88.4 Å². The Morgan fingerprint density at radius 3 is 1.18 bits per heavy atom. The predicted octanol–water partition coefficient (Wildman–Crippen LogP) is 7.12. The van der Waals surface area contributed by atoms with Crippen molar-refractivity contribution in [3.05, 3.63) is 105 Å². The molecule has 0 amide bonds. The zero-order valence-electron chi connectivity index (χ0n) is 18.0. The summed E-state index contributed by atoms with van der Waals surface area (Å²) in [5, 5.41) is 0. The summed E-state index contributed by atoms with van der Waals surface area (Å²) in [7, 11) is 0. The van der Waals surface area contributed by atoms with Crippen LogP contribution < -0.4 is 0 Å². The first-order valence-electron chi connectivity index (χ1n) is 11.0. The molecule has 146 valence electrons. The van der Waals surface area contributed by atoms with Gasteiger partial charge in [0.15, 0.2) is 0 Å². The molecular formula is C28H34. The van der Waals surface area contributed by atoms with Crippen LogP contribution in [0.3, 0.4) is 0 Å². The highest BCUT2D eigenvalue weighted by molar-refractivity contribution is 5.42. The summed E-state index contributed by atoms with van der Waals surface area (Å²) in [6.45, 7) is 9.02. The molecule has 3 rings (SSSR count). The highest BCUT2D eigenvalue weighted by atomic mass is 14.1. The SMILES string of the molecule is CCc1ccc(Cc2ccc(Cc3cc(CC)c(CC)cc3CC)cc2)cc1. The van der Waals surface area contributed by atoms with E-state index in [0.29, 0.717) is 0 Å². The Morgan fingerprint density at radius 2 is 0.750 bits per heavy atom.